The number of thiazole rings is 1. The van der Waals surface area contributed by atoms with Gasteiger partial charge >= 0.3 is 0 Å². The SMILES string of the molecule is Cc1c(C(=O)NCc2cc(-c3ccccc3)ncn2)sc2nc(-c3ccccc3)cn12. The second kappa shape index (κ2) is 8.12. The maximum atomic E-state index is 12.8. The number of carbonyl (C=O) groups is 1. The van der Waals surface area contributed by atoms with Crippen molar-refractivity contribution in [2.24, 2.45) is 0 Å². The van der Waals surface area contributed by atoms with E-state index in [0.29, 0.717) is 11.4 Å². The molecule has 0 saturated carbocycles. The van der Waals surface area contributed by atoms with Gasteiger partial charge < -0.3 is 5.32 Å². The third kappa shape index (κ3) is 3.83. The Bertz CT molecular complexity index is 1360. The Balaban J connectivity index is 1.33. The summed E-state index contributed by atoms with van der Waals surface area (Å²) in [7, 11) is 0. The van der Waals surface area contributed by atoms with Gasteiger partial charge in [0.05, 0.1) is 23.6 Å². The van der Waals surface area contributed by atoms with Gasteiger partial charge in [-0.05, 0) is 13.0 Å². The van der Waals surface area contributed by atoms with Crippen LogP contribution < -0.4 is 5.32 Å². The molecule has 0 saturated heterocycles. The van der Waals surface area contributed by atoms with E-state index >= 15 is 0 Å². The quantitative estimate of drug-likeness (QED) is 0.441. The fourth-order valence-corrected chi connectivity index (χ4v) is 4.45. The van der Waals surface area contributed by atoms with E-state index < -0.39 is 0 Å². The van der Waals surface area contributed by atoms with E-state index in [1.165, 1.54) is 17.7 Å². The summed E-state index contributed by atoms with van der Waals surface area (Å²) >= 11 is 1.39. The minimum atomic E-state index is -0.130. The highest BCUT2D eigenvalue weighted by atomic mass is 32.1. The zero-order valence-corrected chi connectivity index (χ0v) is 17.6. The molecule has 0 bridgehead atoms. The summed E-state index contributed by atoms with van der Waals surface area (Å²) in [5.74, 6) is -0.130. The summed E-state index contributed by atoms with van der Waals surface area (Å²) in [5.41, 5.74) is 5.44. The average Bonchev–Trinajstić information content (AvgIpc) is 3.38. The first-order chi connectivity index (χ1) is 15.2. The van der Waals surface area contributed by atoms with Crippen molar-refractivity contribution in [1.29, 1.82) is 0 Å². The number of imidazole rings is 1. The molecular formula is C24H19N5OS. The average molecular weight is 426 g/mol. The van der Waals surface area contributed by atoms with Gasteiger partial charge in [-0.1, -0.05) is 72.0 Å². The highest BCUT2D eigenvalue weighted by Gasteiger charge is 2.18. The fourth-order valence-electron chi connectivity index (χ4n) is 3.42. The van der Waals surface area contributed by atoms with Crippen molar-refractivity contribution >= 4 is 22.2 Å². The number of aryl methyl sites for hydroxylation is 1. The van der Waals surface area contributed by atoms with Crippen LogP contribution in [0, 0.1) is 6.92 Å². The first kappa shape index (κ1) is 19.1. The number of hydrogen-bond donors (Lipinski definition) is 1. The number of hydrogen-bond acceptors (Lipinski definition) is 5. The Morgan fingerprint density at radius 1 is 0.968 bits per heavy atom. The standard InChI is InChI=1S/C24H19N5OS/c1-16-22(31-24-28-21(14-29(16)24)18-10-6-3-7-11-18)23(30)25-13-19-12-20(27-15-26-19)17-8-4-2-5-9-17/h2-12,14-15H,13H2,1H3,(H,25,30). The van der Waals surface area contributed by atoms with Crippen molar-refractivity contribution in [3.8, 4) is 22.5 Å². The summed E-state index contributed by atoms with van der Waals surface area (Å²) in [4.78, 5) is 27.6. The lowest BCUT2D eigenvalue weighted by atomic mass is 10.1. The topological polar surface area (TPSA) is 72.2 Å². The van der Waals surface area contributed by atoms with Crippen LogP contribution in [0.2, 0.25) is 0 Å². The first-order valence-corrected chi connectivity index (χ1v) is 10.7. The monoisotopic (exact) mass is 425 g/mol. The third-order valence-electron chi connectivity index (χ3n) is 5.06. The van der Waals surface area contributed by atoms with Crippen LogP contribution in [0.4, 0.5) is 0 Å². The van der Waals surface area contributed by atoms with Crippen molar-refractivity contribution in [1.82, 2.24) is 24.7 Å². The van der Waals surface area contributed by atoms with Crippen molar-refractivity contribution in [3.63, 3.8) is 0 Å². The van der Waals surface area contributed by atoms with Crippen molar-refractivity contribution in [3.05, 3.63) is 95.5 Å². The molecule has 2 aromatic carbocycles. The van der Waals surface area contributed by atoms with E-state index in [-0.39, 0.29) is 5.91 Å². The minimum absolute atomic E-state index is 0.130. The molecule has 6 nitrogen and oxygen atoms in total. The molecule has 0 aliphatic rings. The Labute approximate surface area is 183 Å². The molecule has 31 heavy (non-hydrogen) atoms. The zero-order valence-electron chi connectivity index (χ0n) is 16.8. The van der Waals surface area contributed by atoms with Crippen LogP contribution >= 0.6 is 11.3 Å². The number of aromatic nitrogens is 4. The van der Waals surface area contributed by atoms with E-state index in [1.807, 2.05) is 84.3 Å². The van der Waals surface area contributed by atoms with Gasteiger partial charge in [-0.3, -0.25) is 9.20 Å². The summed E-state index contributed by atoms with van der Waals surface area (Å²) in [6, 6.07) is 21.8. The van der Waals surface area contributed by atoms with Gasteiger partial charge in [0.25, 0.3) is 5.91 Å². The number of nitrogens with one attached hydrogen (secondary N) is 1. The maximum Gasteiger partial charge on any atom is 0.263 e. The second-order valence-corrected chi connectivity index (χ2v) is 8.08. The molecule has 0 fully saturated rings. The number of benzene rings is 2. The lowest BCUT2D eigenvalue weighted by Crippen LogP contribution is -2.23. The first-order valence-electron chi connectivity index (χ1n) is 9.87. The number of carbonyl (C=O) groups excluding carboxylic acids is 1. The van der Waals surface area contributed by atoms with E-state index in [4.69, 9.17) is 4.98 Å². The van der Waals surface area contributed by atoms with E-state index in [2.05, 4.69) is 15.3 Å². The zero-order chi connectivity index (χ0) is 21.2. The van der Waals surface area contributed by atoms with Crippen LogP contribution in [0.25, 0.3) is 27.5 Å². The molecule has 5 rings (SSSR count). The molecule has 0 radical (unpaired) electrons. The molecule has 3 heterocycles. The predicted molar refractivity (Wildman–Crippen MR) is 122 cm³/mol. The highest BCUT2D eigenvalue weighted by Crippen LogP contribution is 2.27. The van der Waals surface area contributed by atoms with Crippen LogP contribution in [0.3, 0.4) is 0 Å². The Morgan fingerprint density at radius 2 is 1.65 bits per heavy atom. The second-order valence-electron chi connectivity index (χ2n) is 7.10. The van der Waals surface area contributed by atoms with Gasteiger partial charge in [-0.2, -0.15) is 0 Å². The van der Waals surface area contributed by atoms with Crippen LogP contribution in [-0.2, 0) is 6.54 Å². The van der Waals surface area contributed by atoms with Crippen LogP contribution in [-0.4, -0.2) is 25.3 Å². The Morgan fingerprint density at radius 3 is 2.32 bits per heavy atom. The number of nitrogens with zero attached hydrogens (tertiary/aromatic N) is 4. The van der Waals surface area contributed by atoms with Gasteiger partial charge in [0, 0.05) is 23.0 Å². The summed E-state index contributed by atoms with van der Waals surface area (Å²) in [5, 5.41) is 2.97. The van der Waals surface area contributed by atoms with Gasteiger partial charge in [0.15, 0.2) is 4.96 Å². The molecule has 152 valence electrons. The molecule has 1 amide bonds. The minimum Gasteiger partial charge on any atom is -0.346 e. The summed E-state index contributed by atoms with van der Waals surface area (Å²) in [6.45, 7) is 2.27. The van der Waals surface area contributed by atoms with Crippen molar-refractivity contribution in [2.45, 2.75) is 13.5 Å². The number of rotatable bonds is 5. The molecule has 0 unspecified atom stereocenters. The third-order valence-corrected chi connectivity index (χ3v) is 6.21. The molecule has 3 aromatic heterocycles. The van der Waals surface area contributed by atoms with Crippen LogP contribution in [0.1, 0.15) is 21.1 Å². The van der Waals surface area contributed by atoms with Gasteiger partial charge in [-0.15, -0.1) is 0 Å². The maximum absolute atomic E-state index is 12.8. The largest absolute Gasteiger partial charge is 0.346 e. The normalized spacial score (nSPS) is 11.0. The smallest absolute Gasteiger partial charge is 0.263 e. The summed E-state index contributed by atoms with van der Waals surface area (Å²) < 4.78 is 1.97. The fraction of sp³-hybridized carbons (Fsp3) is 0.0833. The van der Waals surface area contributed by atoms with E-state index in [0.717, 1.165) is 38.9 Å². The molecule has 1 N–H and O–H groups in total. The lowest BCUT2D eigenvalue weighted by Gasteiger charge is -2.06. The Kier molecular flexibility index (Phi) is 5.01. The molecule has 0 atom stereocenters. The number of amides is 1. The van der Waals surface area contributed by atoms with Crippen molar-refractivity contribution < 1.29 is 4.79 Å². The van der Waals surface area contributed by atoms with E-state index in [1.54, 1.807) is 0 Å². The van der Waals surface area contributed by atoms with Gasteiger partial charge in [-0.25, -0.2) is 15.0 Å². The Hall–Kier alpha value is -3.84. The molecule has 0 aliphatic carbocycles. The molecule has 0 spiro atoms. The number of fused-ring (bicyclic) bond motifs is 1. The predicted octanol–water partition coefficient (Wildman–Crippen LogP) is 4.76. The van der Waals surface area contributed by atoms with Gasteiger partial charge in [0.1, 0.15) is 11.2 Å². The molecule has 5 aromatic rings. The molecular weight excluding hydrogens is 406 g/mol. The molecule has 0 aliphatic heterocycles. The van der Waals surface area contributed by atoms with Gasteiger partial charge in [0.2, 0.25) is 0 Å². The van der Waals surface area contributed by atoms with E-state index in [9.17, 15) is 4.79 Å². The highest BCUT2D eigenvalue weighted by molar-refractivity contribution is 7.19. The van der Waals surface area contributed by atoms with Crippen LogP contribution in [0.5, 0.6) is 0 Å². The lowest BCUT2D eigenvalue weighted by molar-refractivity contribution is 0.0953. The molecule has 7 heteroatoms. The van der Waals surface area contributed by atoms with Crippen LogP contribution in [0.15, 0.2) is 79.3 Å². The van der Waals surface area contributed by atoms with Crippen molar-refractivity contribution in [2.75, 3.05) is 0 Å². The summed E-state index contributed by atoms with van der Waals surface area (Å²) in [6.07, 6.45) is 3.50.